The van der Waals surface area contributed by atoms with Gasteiger partial charge in [0, 0.05) is 4.88 Å². The average molecular weight is 386 g/mol. The minimum Gasteiger partial charge on any atom is -0.493 e. The molecule has 0 fully saturated rings. The molecule has 1 aliphatic rings. The number of methoxy groups -OCH3 is 1. The number of esters is 1. The van der Waals surface area contributed by atoms with Crippen molar-refractivity contribution in [1.82, 2.24) is 0 Å². The van der Waals surface area contributed by atoms with Gasteiger partial charge in [0.15, 0.2) is 24.7 Å². The Labute approximate surface area is 160 Å². The van der Waals surface area contributed by atoms with Gasteiger partial charge in [-0.25, -0.2) is 4.79 Å². The van der Waals surface area contributed by atoms with Gasteiger partial charge in [-0.05, 0) is 37.0 Å². The number of aryl methyl sites for hydroxylation is 1. The number of nitriles is 1. The Morgan fingerprint density at radius 1 is 1.22 bits per heavy atom. The zero-order chi connectivity index (χ0) is 19.2. The molecule has 1 aromatic heterocycles. The van der Waals surface area contributed by atoms with E-state index >= 15 is 0 Å². The maximum atomic E-state index is 12.0. The van der Waals surface area contributed by atoms with E-state index in [0.29, 0.717) is 22.1 Å². The topological polar surface area (TPSA) is 97.7 Å². The molecule has 0 aliphatic heterocycles. The molecule has 0 atom stereocenters. The Morgan fingerprint density at radius 3 is 2.74 bits per heavy atom. The molecule has 0 bridgehead atoms. The second-order valence-electron chi connectivity index (χ2n) is 5.82. The predicted octanol–water partition coefficient (Wildman–Crippen LogP) is 2.68. The van der Waals surface area contributed by atoms with E-state index in [0.717, 1.165) is 29.7 Å². The normalized spacial score (nSPS) is 12.0. The van der Waals surface area contributed by atoms with Crippen molar-refractivity contribution in [3.63, 3.8) is 0 Å². The summed E-state index contributed by atoms with van der Waals surface area (Å²) >= 11 is 1.41. The van der Waals surface area contributed by atoms with Crippen molar-refractivity contribution in [2.45, 2.75) is 19.3 Å². The van der Waals surface area contributed by atoms with Gasteiger partial charge in [-0.2, -0.15) is 5.26 Å². The fraction of sp³-hybridized carbons (Fsp3) is 0.316. The number of ether oxygens (including phenoxy) is 3. The van der Waals surface area contributed by atoms with E-state index in [9.17, 15) is 14.9 Å². The van der Waals surface area contributed by atoms with E-state index < -0.39 is 18.5 Å². The van der Waals surface area contributed by atoms with Gasteiger partial charge < -0.3 is 19.5 Å². The number of rotatable bonds is 7. The molecule has 3 rings (SSSR count). The molecule has 8 heteroatoms. The molecular formula is C19H18N2O5S. The summed E-state index contributed by atoms with van der Waals surface area (Å²) in [6, 6.07) is 9.06. The number of benzene rings is 1. The molecule has 1 N–H and O–H groups in total. The number of anilines is 1. The van der Waals surface area contributed by atoms with Gasteiger partial charge in [0.25, 0.3) is 5.91 Å². The average Bonchev–Trinajstić information content (AvgIpc) is 3.25. The van der Waals surface area contributed by atoms with E-state index in [2.05, 4.69) is 11.4 Å². The van der Waals surface area contributed by atoms with Crippen molar-refractivity contribution in [1.29, 1.82) is 5.26 Å². The van der Waals surface area contributed by atoms with Crippen LogP contribution in [-0.4, -0.2) is 32.2 Å². The molecule has 0 saturated carbocycles. The Kier molecular flexibility index (Phi) is 5.94. The van der Waals surface area contributed by atoms with Gasteiger partial charge in [-0.1, -0.05) is 12.1 Å². The highest BCUT2D eigenvalue weighted by Gasteiger charge is 2.23. The highest BCUT2D eigenvalue weighted by atomic mass is 32.1. The van der Waals surface area contributed by atoms with Crippen molar-refractivity contribution in [3.8, 4) is 17.6 Å². The van der Waals surface area contributed by atoms with Crippen LogP contribution in [0.1, 0.15) is 22.4 Å². The number of fused-ring (bicyclic) bond motifs is 1. The fourth-order valence-electron chi connectivity index (χ4n) is 2.84. The van der Waals surface area contributed by atoms with E-state index in [1.807, 2.05) is 0 Å². The zero-order valence-electron chi connectivity index (χ0n) is 14.7. The summed E-state index contributed by atoms with van der Waals surface area (Å²) in [4.78, 5) is 25.0. The maximum absolute atomic E-state index is 12.0. The first kappa shape index (κ1) is 18.7. The predicted molar refractivity (Wildman–Crippen MR) is 99.1 cm³/mol. The maximum Gasteiger partial charge on any atom is 0.344 e. The van der Waals surface area contributed by atoms with Gasteiger partial charge in [-0.3, -0.25) is 4.79 Å². The molecule has 7 nitrogen and oxygen atoms in total. The van der Waals surface area contributed by atoms with Crippen molar-refractivity contribution in [3.05, 3.63) is 40.3 Å². The number of thiophene rings is 1. The van der Waals surface area contributed by atoms with Crippen LogP contribution < -0.4 is 14.8 Å². The molecule has 0 saturated heterocycles. The number of carbonyl (C=O) groups excluding carboxylic acids is 2. The smallest absolute Gasteiger partial charge is 0.344 e. The van der Waals surface area contributed by atoms with Crippen LogP contribution in [0.2, 0.25) is 0 Å². The Hall–Kier alpha value is -3.05. The zero-order valence-corrected chi connectivity index (χ0v) is 15.6. The quantitative estimate of drug-likeness (QED) is 0.735. The number of nitrogens with one attached hydrogen (secondary N) is 1. The van der Waals surface area contributed by atoms with Crippen LogP contribution in [0.3, 0.4) is 0 Å². The molecule has 1 aromatic carbocycles. The van der Waals surface area contributed by atoms with E-state index in [1.54, 1.807) is 24.3 Å². The van der Waals surface area contributed by atoms with Crippen LogP contribution in [0.25, 0.3) is 0 Å². The molecule has 1 aliphatic carbocycles. The lowest BCUT2D eigenvalue weighted by molar-refractivity contribution is -0.149. The first-order valence-electron chi connectivity index (χ1n) is 8.38. The van der Waals surface area contributed by atoms with Crippen LogP contribution in [0.5, 0.6) is 11.5 Å². The van der Waals surface area contributed by atoms with Crippen LogP contribution in [0, 0.1) is 11.3 Å². The van der Waals surface area contributed by atoms with Crippen molar-refractivity contribution in [2.24, 2.45) is 0 Å². The molecule has 1 amide bonds. The van der Waals surface area contributed by atoms with Crippen LogP contribution in [0.4, 0.5) is 5.00 Å². The summed E-state index contributed by atoms with van der Waals surface area (Å²) in [7, 11) is 1.50. The molecule has 0 radical (unpaired) electrons. The highest BCUT2D eigenvalue weighted by Crippen LogP contribution is 2.38. The lowest BCUT2D eigenvalue weighted by atomic mass is 10.1. The van der Waals surface area contributed by atoms with Gasteiger partial charge in [-0.15, -0.1) is 11.3 Å². The van der Waals surface area contributed by atoms with Gasteiger partial charge in [0.05, 0.1) is 12.7 Å². The summed E-state index contributed by atoms with van der Waals surface area (Å²) < 4.78 is 15.4. The molecule has 1 heterocycles. The van der Waals surface area contributed by atoms with E-state index in [1.165, 1.54) is 18.4 Å². The number of hydrogen-bond acceptors (Lipinski definition) is 7. The third kappa shape index (κ3) is 4.38. The third-order valence-corrected chi connectivity index (χ3v) is 5.27. The summed E-state index contributed by atoms with van der Waals surface area (Å²) in [6.45, 7) is -0.786. The van der Waals surface area contributed by atoms with Gasteiger partial charge in [0.2, 0.25) is 0 Å². The standard InChI is InChI=1S/C19H18N2O5S/c1-24-14-6-2-3-7-15(14)25-11-18(23)26-10-17(22)21-19-13(9-20)12-5-4-8-16(12)27-19/h2-3,6-7H,4-5,8,10-11H2,1H3,(H,21,22). The lowest BCUT2D eigenvalue weighted by Gasteiger charge is -2.10. The monoisotopic (exact) mass is 386 g/mol. The number of carbonyl (C=O) groups is 2. The van der Waals surface area contributed by atoms with Gasteiger partial charge >= 0.3 is 5.97 Å². The van der Waals surface area contributed by atoms with Crippen molar-refractivity contribution < 1.29 is 23.8 Å². The van der Waals surface area contributed by atoms with Crippen LogP contribution in [-0.2, 0) is 27.2 Å². The van der Waals surface area contributed by atoms with E-state index in [-0.39, 0.29) is 6.61 Å². The van der Waals surface area contributed by atoms with E-state index in [4.69, 9.17) is 14.2 Å². The minimum absolute atomic E-state index is 0.343. The Bertz CT molecular complexity index is 900. The van der Waals surface area contributed by atoms with Crippen molar-refractivity contribution in [2.75, 3.05) is 25.6 Å². The number of para-hydroxylation sites is 2. The number of amides is 1. The SMILES string of the molecule is COc1ccccc1OCC(=O)OCC(=O)Nc1sc2c(c1C#N)CCC2. The molecular weight excluding hydrogens is 368 g/mol. The second kappa shape index (κ2) is 8.56. The lowest BCUT2D eigenvalue weighted by Crippen LogP contribution is -2.23. The summed E-state index contributed by atoms with van der Waals surface area (Å²) in [5.74, 6) is -0.256. The second-order valence-corrected chi connectivity index (χ2v) is 6.93. The minimum atomic E-state index is -0.676. The fourth-order valence-corrected chi connectivity index (χ4v) is 4.09. The number of nitrogens with zero attached hydrogens (tertiary/aromatic N) is 1. The van der Waals surface area contributed by atoms with Crippen LogP contribution >= 0.6 is 11.3 Å². The number of hydrogen-bond donors (Lipinski definition) is 1. The first-order valence-corrected chi connectivity index (χ1v) is 9.20. The Morgan fingerprint density at radius 2 is 2.00 bits per heavy atom. The molecule has 27 heavy (non-hydrogen) atoms. The third-order valence-electron chi connectivity index (χ3n) is 4.06. The largest absolute Gasteiger partial charge is 0.493 e. The van der Waals surface area contributed by atoms with Crippen LogP contribution in [0.15, 0.2) is 24.3 Å². The summed E-state index contributed by atoms with van der Waals surface area (Å²) in [5, 5.41) is 12.5. The van der Waals surface area contributed by atoms with Crippen molar-refractivity contribution >= 4 is 28.2 Å². The summed E-state index contributed by atoms with van der Waals surface area (Å²) in [6.07, 6.45) is 2.83. The molecule has 0 unspecified atom stereocenters. The summed E-state index contributed by atoms with van der Waals surface area (Å²) in [5.41, 5.74) is 1.55. The van der Waals surface area contributed by atoms with Gasteiger partial charge in [0.1, 0.15) is 11.1 Å². The highest BCUT2D eigenvalue weighted by molar-refractivity contribution is 7.16. The first-order chi connectivity index (χ1) is 13.1. The molecule has 2 aromatic rings. The Balaban J connectivity index is 1.48. The molecule has 0 spiro atoms. The molecule has 140 valence electrons.